The first kappa shape index (κ1) is 14.1. The molecule has 2 N–H and O–H groups in total. The quantitative estimate of drug-likeness (QED) is 0.848. The van der Waals surface area contributed by atoms with E-state index in [4.69, 9.17) is 10.5 Å². The molecule has 4 atom stereocenters. The van der Waals surface area contributed by atoms with Gasteiger partial charge in [-0.1, -0.05) is 18.2 Å². The molecule has 2 bridgehead atoms. The molecule has 2 saturated heterocycles. The van der Waals surface area contributed by atoms with E-state index in [2.05, 4.69) is 4.90 Å². The zero-order chi connectivity index (χ0) is 15.0. The number of hydrogen-bond donors (Lipinski definition) is 1. The predicted molar refractivity (Wildman–Crippen MR) is 77.5 cm³/mol. The van der Waals surface area contributed by atoms with Crippen molar-refractivity contribution in [2.45, 2.75) is 37.5 Å². The molecule has 2 fully saturated rings. The molecule has 0 unspecified atom stereocenters. The van der Waals surface area contributed by atoms with Crippen molar-refractivity contribution in [1.29, 1.82) is 0 Å². The highest BCUT2D eigenvalue weighted by molar-refractivity contribution is 5.90. The molecule has 1 amide bonds. The lowest BCUT2D eigenvalue weighted by molar-refractivity contribution is -0.131. The molecule has 5 nitrogen and oxygen atoms in total. The highest BCUT2D eigenvalue weighted by Gasteiger charge is 2.49. The van der Waals surface area contributed by atoms with Crippen LogP contribution in [0.2, 0.25) is 0 Å². The Labute approximate surface area is 124 Å². The maximum Gasteiger partial charge on any atom is 0.338 e. The van der Waals surface area contributed by atoms with E-state index >= 15 is 0 Å². The summed E-state index contributed by atoms with van der Waals surface area (Å²) in [4.78, 5) is 26.2. The molecule has 5 heteroatoms. The van der Waals surface area contributed by atoms with Crippen molar-refractivity contribution in [3.05, 3.63) is 35.9 Å². The molecule has 0 saturated carbocycles. The average molecular weight is 288 g/mol. The number of carbonyl (C=O) groups is 2. The number of primary amides is 1. The third-order valence-corrected chi connectivity index (χ3v) is 4.81. The van der Waals surface area contributed by atoms with Gasteiger partial charge >= 0.3 is 5.97 Å². The number of amides is 1. The molecule has 3 rings (SSSR count). The fourth-order valence-corrected chi connectivity index (χ4v) is 3.69. The average Bonchev–Trinajstić information content (AvgIpc) is 2.72. The van der Waals surface area contributed by atoms with Crippen LogP contribution in [0.1, 0.15) is 29.6 Å². The number of fused-ring (bicyclic) bond motifs is 2. The second kappa shape index (κ2) is 5.48. The molecule has 0 aliphatic carbocycles. The number of nitrogens with two attached hydrogens (primary N) is 1. The van der Waals surface area contributed by atoms with E-state index < -0.39 is 12.0 Å². The van der Waals surface area contributed by atoms with Crippen LogP contribution in [0.15, 0.2) is 30.3 Å². The third-order valence-electron chi connectivity index (χ3n) is 4.81. The van der Waals surface area contributed by atoms with Crippen LogP contribution in [0.3, 0.4) is 0 Å². The molecule has 2 aliphatic rings. The Kier molecular flexibility index (Phi) is 3.68. The highest BCUT2D eigenvalue weighted by Crippen LogP contribution is 2.39. The molecular weight excluding hydrogens is 268 g/mol. The number of ether oxygens (including phenoxy) is 1. The van der Waals surface area contributed by atoms with Gasteiger partial charge in [-0.2, -0.15) is 0 Å². The van der Waals surface area contributed by atoms with E-state index in [1.165, 1.54) is 0 Å². The molecular formula is C16H20N2O3. The van der Waals surface area contributed by atoms with Crippen LogP contribution in [0.25, 0.3) is 0 Å². The van der Waals surface area contributed by atoms with E-state index in [0.717, 1.165) is 12.8 Å². The first-order chi connectivity index (χ1) is 10.1. The lowest BCUT2D eigenvalue weighted by atomic mass is 9.87. The van der Waals surface area contributed by atoms with Crippen molar-refractivity contribution < 1.29 is 14.3 Å². The van der Waals surface area contributed by atoms with E-state index in [0.29, 0.717) is 18.0 Å². The first-order valence-electron chi connectivity index (χ1n) is 7.35. The van der Waals surface area contributed by atoms with Gasteiger partial charge in [0.05, 0.1) is 11.5 Å². The van der Waals surface area contributed by atoms with Crippen molar-refractivity contribution in [3.63, 3.8) is 0 Å². The SMILES string of the molecule is CN1[C@H]2CC[C@@H]1[C@@H](C(N)=O)[C@@H](OC(=O)c1ccccc1)C2. The lowest BCUT2D eigenvalue weighted by Gasteiger charge is -2.40. The smallest absolute Gasteiger partial charge is 0.338 e. The summed E-state index contributed by atoms with van der Waals surface area (Å²) in [5.41, 5.74) is 6.07. The maximum atomic E-state index is 12.2. The summed E-state index contributed by atoms with van der Waals surface area (Å²) < 4.78 is 5.61. The van der Waals surface area contributed by atoms with Gasteiger partial charge in [0.15, 0.2) is 0 Å². The summed E-state index contributed by atoms with van der Waals surface area (Å²) in [5, 5.41) is 0. The van der Waals surface area contributed by atoms with E-state index in [9.17, 15) is 9.59 Å². The number of piperidine rings is 1. The molecule has 0 radical (unpaired) electrons. The molecule has 0 spiro atoms. The molecule has 0 aromatic heterocycles. The van der Waals surface area contributed by atoms with Gasteiger partial charge in [-0.05, 0) is 32.0 Å². The van der Waals surface area contributed by atoms with Crippen LogP contribution < -0.4 is 5.73 Å². The Hall–Kier alpha value is -1.88. The van der Waals surface area contributed by atoms with Gasteiger partial charge in [0.2, 0.25) is 5.91 Å². The number of rotatable bonds is 3. The fraction of sp³-hybridized carbons (Fsp3) is 0.500. The van der Waals surface area contributed by atoms with Gasteiger partial charge in [-0.25, -0.2) is 4.79 Å². The second-order valence-corrected chi connectivity index (χ2v) is 5.94. The molecule has 21 heavy (non-hydrogen) atoms. The summed E-state index contributed by atoms with van der Waals surface area (Å²) in [7, 11) is 2.02. The second-order valence-electron chi connectivity index (χ2n) is 5.94. The monoisotopic (exact) mass is 288 g/mol. The van der Waals surface area contributed by atoms with Crippen LogP contribution in [0.4, 0.5) is 0 Å². The Morgan fingerprint density at radius 2 is 1.95 bits per heavy atom. The van der Waals surface area contributed by atoms with Crippen molar-refractivity contribution in [2.75, 3.05) is 7.05 Å². The van der Waals surface area contributed by atoms with Gasteiger partial charge < -0.3 is 10.5 Å². The maximum absolute atomic E-state index is 12.2. The topological polar surface area (TPSA) is 72.6 Å². The minimum absolute atomic E-state index is 0.0924. The Bertz CT molecular complexity index is 546. The number of nitrogens with zero attached hydrogens (tertiary/aromatic N) is 1. The summed E-state index contributed by atoms with van der Waals surface area (Å²) in [5.74, 6) is -1.17. The largest absolute Gasteiger partial charge is 0.458 e. The van der Waals surface area contributed by atoms with Crippen LogP contribution in [0, 0.1) is 5.92 Å². The zero-order valence-electron chi connectivity index (χ0n) is 12.1. The summed E-state index contributed by atoms with van der Waals surface area (Å²) >= 11 is 0. The Balaban J connectivity index is 1.78. The van der Waals surface area contributed by atoms with Gasteiger partial charge in [0, 0.05) is 18.5 Å². The van der Waals surface area contributed by atoms with Gasteiger partial charge in [0.25, 0.3) is 0 Å². The van der Waals surface area contributed by atoms with Crippen molar-refractivity contribution in [3.8, 4) is 0 Å². The predicted octanol–water partition coefficient (Wildman–Crippen LogP) is 1.18. The Morgan fingerprint density at radius 3 is 2.62 bits per heavy atom. The molecule has 2 aliphatic heterocycles. The number of hydrogen-bond acceptors (Lipinski definition) is 4. The van der Waals surface area contributed by atoms with E-state index in [-0.39, 0.29) is 17.9 Å². The van der Waals surface area contributed by atoms with Crippen LogP contribution in [-0.4, -0.2) is 42.0 Å². The minimum Gasteiger partial charge on any atom is -0.458 e. The number of benzene rings is 1. The van der Waals surface area contributed by atoms with Gasteiger partial charge in [-0.15, -0.1) is 0 Å². The summed E-state index contributed by atoms with van der Waals surface area (Å²) in [6, 6.07) is 9.32. The van der Waals surface area contributed by atoms with Crippen LogP contribution in [-0.2, 0) is 9.53 Å². The molecule has 1 aromatic rings. The van der Waals surface area contributed by atoms with E-state index in [1.807, 2.05) is 13.1 Å². The van der Waals surface area contributed by atoms with E-state index in [1.54, 1.807) is 24.3 Å². The number of carbonyl (C=O) groups excluding carboxylic acids is 2. The molecule has 112 valence electrons. The lowest BCUT2D eigenvalue weighted by Crippen LogP contribution is -2.54. The van der Waals surface area contributed by atoms with Crippen molar-refractivity contribution in [1.82, 2.24) is 4.90 Å². The van der Waals surface area contributed by atoms with Gasteiger partial charge in [0.1, 0.15) is 6.10 Å². The molecule has 1 aromatic carbocycles. The first-order valence-corrected chi connectivity index (χ1v) is 7.35. The standard InChI is InChI=1S/C16H20N2O3/c1-18-11-7-8-12(18)14(15(17)19)13(9-11)21-16(20)10-5-3-2-4-6-10/h2-6,11-14H,7-9H2,1H3,(H2,17,19)/t11-,12+,13-,14+/m0/s1. The molecule has 2 heterocycles. The van der Waals surface area contributed by atoms with Crippen LogP contribution in [0.5, 0.6) is 0 Å². The zero-order valence-corrected chi connectivity index (χ0v) is 12.1. The minimum atomic E-state index is -0.415. The fourth-order valence-electron chi connectivity index (χ4n) is 3.69. The van der Waals surface area contributed by atoms with Crippen molar-refractivity contribution >= 4 is 11.9 Å². The van der Waals surface area contributed by atoms with Crippen molar-refractivity contribution in [2.24, 2.45) is 11.7 Å². The summed E-state index contributed by atoms with van der Waals surface area (Å²) in [6.07, 6.45) is 2.24. The van der Waals surface area contributed by atoms with Crippen LogP contribution >= 0.6 is 0 Å². The normalized spacial score (nSPS) is 31.9. The summed E-state index contributed by atoms with van der Waals surface area (Å²) in [6.45, 7) is 0. The highest BCUT2D eigenvalue weighted by atomic mass is 16.5. The van der Waals surface area contributed by atoms with Gasteiger partial charge in [-0.3, -0.25) is 9.69 Å². The Morgan fingerprint density at radius 1 is 1.24 bits per heavy atom. The number of esters is 1. The third kappa shape index (κ3) is 2.53.